The van der Waals surface area contributed by atoms with Gasteiger partial charge in [0, 0.05) is 37.2 Å². The highest BCUT2D eigenvalue weighted by Gasteiger charge is 2.18. The van der Waals surface area contributed by atoms with Crippen molar-refractivity contribution in [1.29, 1.82) is 0 Å². The van der Waals surface area contributed by atoms with Crippen molar-refractivity contribution in [3.8, 4) is 5.95 Å². The fourth-order valence-electron chi connectivity index (χ4n) is 2.68. The number of nitrogens with zero attached hydrogens (tertiary/aromatic N) is 7. The zero-order valence-corrected chi connectivity index (χ0v) is 13.5. The number of hydrogen-bond acceptors (Lipinski definition) is 7. The summed E-state index contributed by atoms with van der Waals surface area (Å²) in [6.07, 6.45) is 8.41. The third kappa shape index (κ3) is 2.92. The average molecular weight is 325 g/mol. The second kappa shape index (κ2) is 6.26. The van der Waals surface area contributed by atoms with Gasteiger partial charge in [0.05, 0.1) is 0 Å². The lowest BCUT2D eigenvalue weighted by Crippen LogP contribution is -2.22. The van der Waals surface area contributed by atoms with Gasteiger partial charge in [-0.05, 0) is 19.3 Å². The molecule has 9 nitrogen and oxygen atoms in total. The molecule has 1 saturated heterocycles. The van der Waals surface area contributed by atoms with Crippen molar-refractivity contribution in [2.45, 2.75) is 26.2 Å². The summed E-state index contributed by atoms with van der Waals surface area (Å²) in [7, 11) is 0. The van der Waals surface area contributed by atoms with Gasteiger partial charge < -0.3 is 10.2 Å². The van der Waals surface area contributed by atoms with Gasteiger partial charge in [0.25, 0.3) is 0 Å². The molecule has 0 saturated carbocycles. The molecule has 0 unspecified atom stereocenters. The van der Waals surface area contributed by atoms with Crippen molar-refractivity contribution in [3.63, 3.8) is 0 Å². The van der Waals surface area contributed by atoms with Crippen LogP contribution in [0.1, 0.15) is 25.5 Å². The summed E-state index contributed by atoms with van der Waals surface area (Å²) in [6.45, 7) is 4.01. The molecule has 0 bridgehead atoms. The zero-order chi connectivity index (χ0) is 16.4. The van der Waals surface area contributed by atoms with Crippen LogP contribution in [0.15, 0.2) is 24.8 Å². The Hall–Kier alpha value is -2.97. The van der Waals surface area contributed by atoms with Crippen LogP contribution < -0.4 is 10.2 Å². The highest BCUT2D eigenvalue weighted by Crippen LogP contribution is 2.20. The molecular weight excluding hydrogens is 306 g/mol. The minimum atomic E-state index is 0.477. The molecule has 0 spiro atoms. The molecule has 9 heteroatoms. The van der Waals surface area contributed by atoms with Gasteiger partial charge in [0.2, 0.25) is 17.8 Å². The van der Waals surface area contributed by atoms with Crippen LogP contribution >= 0.6 is 0 Å². The summed E-state index contributed by atoms with van der Waals surface area (Å²) in [5.41, 5.74) is 1.06. The molecule has 1 aliphatic rings. The van der Waals surface area contributed by atoms with Crippen LogP contribution in [-0.4, -0.2) is 47.8 Å². The molecule has 0 aromatic carbocycles. The number of H-pyrrole nitrogens is 1. The van der Waals surface area contributed by atoms with Gasteiger partial charge in [0.1, 0.15) is 6.33 Å². The Morgan fingerprint density at radius 1 is 1.17 bits per heavy atom. The van der Waals surface area contributed by atoms with Gasteiger partial charge in [-0.1, -0.05) is 6.92 Å². The number of hydrogen-bond donors (Lipinski definition) is 2. The lowest BCUT2D eigenvalue weighted by atomic mass is 10.3. The molecule has 0 radical (unpaired) electrons. The minimum Gasteiger partial charge on any atom is -0.341 e. The lowest BCUT2D eigenvalue weighted by molar-refractivity contribution is 0.841. The monoisotopic (exact) mass is 325 g/mol. The molecular formula is C15H19N9. The summed E-state index contributed by atoms with van der Waals surface area (Å²) < 4.78 is 1.77. The third-order valence-corrected chi connectivity index (χ3v) is 3.99. The summed E-state index contributed by atoms with van der Waals surface area (Å²) >= 11 is 0. The Morgan fingerprint density at radius 3 is 2.71 bits per heavy atom. The quantitative estimate of drug-likeness (QED) is 0.736. The topological polar surface area (TPSA) is 100 Å². The van der Waals surface area contributed by atoms with Gasteiger partial charge in [-0.2, -0.15) is 20.1 Å². The maximum absolute atomic E-state index is 4.58. The van der Waals surface area contributed by atoms with Crippen LogP contribution in [0, 0.1) is 0 Å². The van der Waals surface area contributed by atoms with Crippen molar-refractivity contribution >= 4 is 17.7 Å². The smallest absolute Gasteiger partial charge is 0.241 e. The summed E-state index contributed by atoms with van der Waals surface area (Å²) in [4.78, 5) is 19.9. The second-order valence-electron chi connectivity index (χ2n) is 5.68. The SMILES string of the molecule is CCc1cc(Nc2nc(N3CCCC3)nc(-n3ccnc3)n2)n[nH]1. The fourth-order valence-corrected chi connectivity index (χ4v) is 2.68. The number of anilines is 3. The first-order valence-corrected chi connectivity index (χ1v) is 8.12. The Bertz CT molecular complexity index is 802. The number of aromatic nitrogens is 7. The van der Waals surface area contributed by atoms with Crippen molar-refractivity contribution in [1.82, 2.24) is 34.7 Å². The molecule has 124 valence electrons. The van der Waals surface area contributed by atoms with Crippen molar-refractivity contribution in [3.05, 3.63) is 30.5 Å². The maximum atomic E-state index is 4.58. The van der Waals surface area contributed by atoms with Gasteiger partial charge >= 0.3 is 0 Å². The fraction of sp³-hybridized carbons (Fsp3) is 0.400. The van der Waals surface area contributed by atoms with Gasteiger partial charge in [0.15, 0.2) is 5.82 Å². The van der Waals surface area contributed by atoms with Crippen LogP contribution in [0.3, 0.4) is 0 Å². The van der Waals surface area contributed by atoms with E-state index >= 15 is 0 Å². The number of imidazole rings is 1. The lowest BCUT2D eigenvalue weighted by Gasteiger charge is -2.16. The molecule has 0 atom stereocenters. The molecule has 3 aromatic heterocycles. The van der Waals surface area contributed by atoms with E-state index < -0.39 is 0 Å². The number of aryl methyl sites for hydroxylation is 1. The summed E-state index contributed by atoms with van der Waals surface area (Å²) in [6, 6.07) is 1.95. The first-order chi connectivity index (χ1) is 11.8. The Morgan fingerprint density at radius 2 is 2.00 bits per heavy atom. The third-order valence-electron chi connectivity index (χ3n) is 3.99. The average Bonchev–Trinajstić information content (AvgIpc) is 3.36. The van der Waals surface area contributed by atoms with E-state index in [1.807, 2.05) is 12.3 Å². The van der Waals surface area contributed by atoms with Crippen molar-refractivity contribution < 1.29 is 0 Å². The highest BCUT2D eigenvalue weighted by atomic mass is 15.4. The van der Waals surface area contributed by atoms with Gasteiger partial charge in [-0.25, -0.2) is 4.98 Å². The first kappa shape index (κ1) is 14.6. The van der Waals surface area contributed by atoms with E-state index in [0.29, 0.717) is 23.7 Å². The second-order valence-corrected chi connectivity index (χ2v) is 5.68. The number of nitrogens with one attached hydrogen (secondary N) is 2. The molecule has 2 N–H and O–H groups in total. The molecule has 0 amide bonds. The van der Waals surface area contributed by atoms with Gasteiger partial charge in [-0.15, -0.1) is 0 Å². The van der Waals surface area contributed by atoms with Gasteiger partial charge in [-0.3, -0.25) is 9.67 Å². The largest absolute Gasteiger partial charge is 0.341 e. The van der Waals surface area contributed by atoms with E-state index in [9.17, 15) is 0 Å². The molecule has 24 heavy (non-hydrogen) atoms. The molecule has 1 aliphatic heterocycles. The predicted molar refractivity (Wildman–Crippen MR) is 89.6 cm³/mol. The minimum absolute atomic E-state index is 0.477. The number of rotatable bonds is 5. The van der Waals surface area contributed by atoms with E-state index in [-0.39, 0.29) is 0 Å². The maximum Gasteiger partial charge on any atom is 0.241 e. The first-order valence-electron chi connectivity index (χ1n) is 8.12. The number of aromatic amines is 1. The molecule has 0 aliphatic carbocycles. The van der Waals surface area contributed by atoms with Crippen LogP contribution in [0.25, 0.3) is 5.95 Å². The Kier molecular flexibility index (Phi) is 3.81. The molecule has 4 heterocycles. The summed E-state index contributed by atoms with van der Waals surface area (Å²) in [5, 5.41) is 10.4. The predicted octanol–water partition coefficient (Wildman–Crippen LogP) is 1.69. The van der Waals surface area contributed by atoms with Crippen LogP contribution in [0.2, 0.25) is 0 Å². The molecule has 1 fully saturated rings. The van der Waals surface area contributed by atoms with E-state index in [1.54, 1.807) is 17.1 Å². The van der Waals surface area contributed by atoms with Crippen molar-refractivity contribution in [2.24, 2.45) is 0 Å². The van der Waals surface area contributed by atoms with Crippen LogP contribution in [0.5, 0.6) is 0 Å². The normalized spacial score (nSPS) is 14.3. The van der Waals surface area contributed by atoms with E-state index in [1.165, 1.54) is 0 Å². The Labute approximate surface area is 139 Å². The van der Waals surface area contributed by atoms with E-state index in [0.717, 1.165) is 38.0 Å². The van der Waals surface area contributed by atoms with E-state index in [2.05, 4.69) is 47.3 Å². The van der Waals surface area contributed by atoms with E-state index in [4.69, 9.17) is 0 Å². The standard InChI is InChI=1S/C15H19N9/c1-2-11-9-12(22-21-11)17-13-18-14(23-6-3-4-7-23)20-15(19-13)24-8-5-16-10-24/h5,8-10H,2-4,6-7H2,1H3,(H2,17,18,19,20,21,22). The molecule has 4 rings (SSSR count). The summed E-state index contributed by atoms with van der Waals surface area (Å²) in [5.74, 6) is 2.39. The molecule has 3 aromatic rings. The van der Waals surface area contributed by atoms with Crippen LogP contribution in [-0.2, 0) is 6.42 Å². The van der Waals surface area contributed by atoms with Crippen LogP contribution in [0.4, 0.5) is 17.7 Å². The zero-order valence-electron chi connectivity index (χ0n) is 13.5. The highest BCUT2D eigenvalue weighted by molar-refractivity contribution is 5.51. The Balaban J connectivity index is 1.68. The van der Waals surface area contributed by atoms with Crippen molar-refractivity contribution in [2.75, 3.05) is 23.3 Å².